The number of rotatable bonds is 4. The standard InChI is InChI=1S/C22H15ClN2O2S/c1-13-7-12-17(23)20-18(13)24-22(28-20)25-21(27)16-10-8-15(9-11-16)19(26)14-5-3-2-4-6-14/h2-12H,1H3,(H,24,25,27). The van der Waals surface area contributed by atoms with E-state index in [1.165, 1.54) is 11.3 Å². The number of aromatic nitrogens is 1. The van der Waals surface area contributed by atoms with Gasteiger partial charge in [0, 0.05) is 16.7 Å². The van der Waals surface area contributed by atoms with Crippen LogP contribution in [0.25, 0.3) is 10.2 Å². The van der Waals surface area contributed by atoms with Gasteiger partial charge in [0.05, 0.1) is 15.2 Å². The molecule has 0 saturated heterocycles. The van der Waals surface area contributed by atoms with Gasteiger partial charge in [-0.1, -0.05) is 71.5 Å². The lowest BCUT2D eigenvalue weighted by atomic mass is 10.0. The summed E-state index contributed by atoms with van der Waals surface area (Å²) in [6.45, 7) is 1.95. The van der Waals surface area contributed by atoms with Crippen molar-refractivity contribution in [3.63, 3.8) is 0 Å². The summed E-state index contributed by atoms with van der Waals surface area (Å²) < 4.78 is 0.848. The molecule has 0 radical (unpaired) electrons. The maximum atomic E-state index is 12.5. The summed E-state index contributed by atoms with van der Waals surface area (Å²) in [4.78, 5) is 29.5. The number of thiazole rings is 1. The van der Waals surface area contributed by atoms with Crippen LogP contribution in [0.5, 0.6) is 0 Å². The molecule has 0 unspecified atom stereocenters. The van der Waals surface area contributed by atoms with Crippen molar-refractivity contribution in [3.05, 3.63) is 94.0 Å². The van der Waals surface area contributed by atoms with E-state index in [1.54, 1.807) is 36.4 Å². The number of carbonyl (C=O) groups excluding carboxylic acids is 2. The molecule has 4 aromatic rings. The molecule has 138 valence electrons. The van der Waals surface area contributed by atoms with Crippen molar-refractivity contribution in [2.75, 3.05) is 5.32 Å². The number of nitrogens with one attached hydrogen (secondary N) is 1. The number of carbonyl (C=O) groups is 2. The second kappa shape index (κ2) is 7.54. The summed E-state index contributed by atoms with van der Waals surface area (Å²) in [6.07, 6.45) is 0. The van der Waals surface area contributed by atoms with Crippen LogP contribution in [0.15, 0.2) is 66.7 Å². The van der Waals surface area contributed by atoms with E-state index >= 15 is 0 Å². The summed E-state index contributed by atoms with van der Waals surface area (Å²) in [6, 6.07) is 19.3. The van der Waals surface area contributed by atoms with Crippen molar-refractivity contribution < 1.29 is 9.59 Å². The molecular weight excluding hydrogens is 392 g/mol. The third-order valence-electron chi connectivity index (χ3n) is 4.36. The van der Waals surface area contributed by atoms with Crippen LogP contribution >= 0.6 is 22.9 Å². The first kappa shape index (κ1) is 18.3. The minimum Gasteiger partial charge on any atom is -0.298 e. The first-order chi connectivity index (χ1) is 13.5. The number of anilines is 1. The number of amides is 1. The number of hydrogen-bond acceptors (Lipinski definition) is 4. The van der Waals surface area contributed by atoms with Gasteiger partial charge in [0.15, 0.2) is 10.9 Å². The Morgan fingerprint density at radius 3 is 2.21 bits per heavy atom. The summed E-state index contributed by atoms with van der Waals surface area (Å²) in [5.41, 5.74) is 3.38. The Labute approximate surface area is 170 Å². The highest BCUT2D eigenvalue weighted by Crippen LogP contribution is 2.34. The molecule has 4 rings (SSSR count). The monoisotopic (exact) mass is 406 g/mol. The molecule has 6 heteroatoms. The molecule has 0 spiro atoms. The molecule has 0 bridgehead atoms. The van der Waals surface area contributed by atoms with Crippen molar-refractivity contribution in [1.82, 2.24) is 4.98 Å². The Kier molecular flexibility index (Phi) is 4.94. The molecule has 1 aromatic heterocycles. The van der Waals surface area contributed by atoms with Crippen LogP contribution in [0.1, 0.15) is 31.8 Å². The molecule has 0 aliphatic rings. The Morgan fingerprint density at radius 2 is 1.54 bits per heavy atom. The van der Waals surface area contributed by atoms with Gasteiger partial charge < -0.3 is 0 Å². The quantitative estimate of drug-likeness (QED) is 0.439. The number of benzene rings is 3. The topological polar surface area (TPSA) is 59.1 Å². The molecule has 0 aliphatic heterocycles. The zero-order chi connectivity index (χ0) is 19.7. The largest absolute Gasteiger partial charge is 0.298 e. The maximum Gasteiger partial charge on any atom is 0.257 e. The Bertz CT molecular complexity index is 1150. The van der Waals surface area contributed by atoms with E-state index in [2.05, 4.69) is 10.3 Å². The number of fused-ring (bicyclic) bond motifs is 1. The molecule has 0 atom stereocenters. The fraction of sp³-hybridized carbons (Fsp3) is 0.0455. The summed E-state index contributed by atoms with van der Waals surface area (Å²) in [5, 5.41) is 3.91. The van der Waals surface area contributed by atoms with Gasteiger partial charge in [-0.2, -0.15) is 0 Å². The van der Waals surface area contributed by atoms with E-state index in [0.717, 1.165) is 15.8 Å². The van der Waals surface area contributed by atoms with Crippen LogP contribution in [0.4, 0.5) is 5.13 Å². The van der Waals surface area contributed by atoms with Gasteiger partial charge in [0.2, 0.25) is 0 Å². The third kappa shape index (κ3) is 3.54. The van der Waals surface area contributed by atoms with Gasteiger partial charge in [-0.15, -0.1) is 0 Å². The van der Waals surface area contributed by atoms with Crippen LogP contribution < -0.4 is 5.32 Å². The predicted octanol–water partition coefficient (Wildman–Crippen LogP) is 5.74. The van der Waals surface area contributed by atoms with Gasteiger partial charge in [-0.25, -0.2) is 4.98 Å². The lowest BCUT2D eigenvalue weighted by Crippen LogP contribution is -2.12. The highest BCUT2D eigenvalue weighted by Gasteiger charge is 2.14. The van der Waals surface area contributed by atoms with E-state index in [-0.39, 0.29) is 11.7 Å². The highest BCUT2D eigenvalue weighted by atomic mass is 35.5. The average molecular weight is 407 g/mol. The predicted molar refractivity (Wildman–Crippen MR) is 114 cm³/mol. The van der Waals surface area contributed by atoms with E-state index in [4.69, 9.17) is 11.6 Å². The molecular formula is C22H15ClN2O2S. The lowest BCUT2D eigenvalue weighted by Gasteiger charge is -2.04. The van der Waals surface area contributed by atoms with E-state index in [0.29, 0.717) is 26.8 Å². The number of ketones is 1. The number of nitrogens with zero attached hydrogens (tertiary/aromatic N) is 1. The minimum atomic E-state index is -0.286. The van der Waals surface area contributed by atoms with Crippen molar-refractivity contribution >= 4 is 50.0 Å². The summed E-state index contributed by atoms with van der Waals surface area (Å²) >= 11 is 7.56. The van der Waals surface area contributed by atoms with E-state index in [9.17, 15) is 9.59 Å². The van der Waals surface area contributed by atoms with Crippen LogP contribution in [0, 0.1) is 6.92 Å². The second-order valence-electron chi connectivity index (χ2n) is 6.29. The van der Waals surface area contributed by atoms with Crippen LogP contribution in [-0.4, -0.2) is 16.7 Å². The fourth-order valence-electron chi connectivity index (χ4n) is 2.85. The van der Waals surface area contributed by atoms with Gasteiger partial charge in [0.1, 0.15) is 0 Å². The Balaban J connectivity index is 1.53. The second-order valence-corrected chi connectivity index (χ2v) is 7.69. The number of aryl methyl sites for hydroxylation is 1. The first-order valence-electron chi connectivity index (χ1n) is 8.60. The molecule has 0 aliphatic carbocycles. The van der Waals surface area contributed by atoms with E-state index in [1.807, 2.05) is 37.3 Å². The van der Waals surface area contributed by atoms with Gasteiger partial charge in [0.25, 0.3) is 5.91 Å². The maximum absolute atomic E-state index is 12.5. The molecule has 1 amide bonds. The minimum absolute atomic E-state index is 0.0798. The first-order valence-corrected chi connectivity index (χ1v) is 9.79. The summed E-state index contributed by atoms with van der Waals surface area (Å²) in [7, 11) is 0. The third-order valence-corrected chi connectivity index (χ3v) is 5.79. The number of halogens is 1. The van der Waals surface area contributed by atoms with Gasteiger partial charge in [-0.05, 0) is 30.7 Å². The van der Waals surface area contributed by atoms with Crippen molar-refractivity contribution in [2.24, 2.45) is 0 Å². The molecule has 3 aromatic carbocycles. The zero-order valence-corrected chi connectivity index (χ0v) is 16.5. The molecule has 1 heterocycles. The van der Waals surface area contributed by atoms with Crippen LogP contribution in [-0.2, 0) is 0 Å². The molecule has 4 nitrogen and oxygen atoms in total. The molecule has 28 heavy (non-hydrogen) atoms. The lowest BCUT2D eigenvalue weighted by molar-refractivity contribution is 0.102. The van der Waals surface area contributed by atoms with Gasteiger partial charge >= 0.3 is 0 Å². The SMILES string of the molecule is Cc1ccc(Cl)c2sc(NC(=O)c3ccc(C(=O)c4ccccc4)cc3)nc12. The van der Waals surface area contributed by atoms with Crippen molar-refractivity contribution in [2.45, 2.75) is 6.92 Å². The molecule has 1 N–H and O–H groups in total. The van der Waals surface area contributed by atoms with Crippen molar-refractivity contribution in [3.8, 4) is 0 Å². The summed E-state index contributed by atoms with van der Waals surface area (Å²) in [5.74, 6) is -0.365. The smallest absolute Gasteiger partial charge is 0.257 e. The Morgan fingerprint density at radius 1 is 0.893 bits per heavy atom. The highest BCUT2D eigenvalue weighted by molar-refractivity contribution is 7.23. The van der Waals surface area contributed by atoms with Gasteiger partial charge in [-0.3, -0.25) is 14.9 Å². The fourth-order valence-corrected chi connectivity index (χ4v) is 4.07. The normalized spacial score (nSPS) is 10.8. The van der Waals surface area contributed by atoms with E-state index < -0.39 is 0 Å². The van der Waals surface area contributed by atoms with Crippen LogP contribution in [0.3, 0.4) is 0 Å². The molecule has 0 fully saturated rings. The van der Waals surface area contributed by atoms with Crippen LogP contribution in [0.2, 0.25) is 5.02 Å². The van der Waals surface area contributed by atoms with Crippen molar-refractivity contribution in [1.29, 1.82) is 0 Å². The number of hydrogen-bond donors (Lipinski definition) is 1. The zero-order valence-electron chi connectivity index (χ0n) is 14.9. The average Bonchev–Trinajstić information content (AvgIpc) is 3.16. The molecule has 0 saturated carbocycles. The Hall–Kier alpha value is -3.02.